The van der Waals surface area contributed by atoms with Gasteiger partial charge in [-0.05, 0) is 23.8 Å². The molecule has 0 aromatic heterocycles. The van der Waals surface area contributed by atoms with E-state index in [1.165, 1.54) is 18.3 Å². The first kappa shape index (κ1) is 22.0. The van der Waals surface area contributed by atoms with Crippen LogP contribution < -0.4 is 9.47 Å². The van der Waals surface area contributed by atoms with Gasteiger partial charge in [0, 0.05) is 18.2 Å². The molecule has 1 heterocycles. The predicted molar refractivity (Wildman–Crippen MR) is 114 cm³/mol. The fourth-order valence-corrected chi connectivity index (χ4v) is 3.65. The summed E-state index contributed by atoms with van der Waals surface area (Å²) in [6, 6.07) is 13.2. The third-order valence-electron chi connectivity index (χ3n) is 5.24. The maximum absolute atomic E-state index is 13.1. The second kappa shape index (κ2) is 9.88. The summed E-state index contributed by atoms with van der Waals surface area (Å²) in [4.78, 5) is 27.9. The smallest absolute Gasteiger partial charge is 0.408 e. The van der Waals surface area contributed by atoms with Crippen molar-refractivity contribution in [2.24, 2.45) is 0 Å². The molecule has 1 aliphatic rings. The molecule has 2 amide bonds. The Hall–Kier alpha value is -3.68. The third kappa shape index (κ3) is 4.74. The number of benzene rings is 2. The molecule has 0 saturated carbocycles. The number of rotatable bonds is 9. The van der Waals surface area contributed by atoms with Crippen molar-refractivity contribution in [1.82, 2.24) is 9.80 Å². The number of hydrogen-bond donors (Lipinski definition) is 1. The van der Waals surface area contributed by atoms with E-state index in [9.17, 15) is 14.7 Å². The highest BCUT2D eigenvalue weighted by atomic mass is 16.5. The molecule has 0 aliphatic carbocycles. The summed E-state index contributed by atoms with van der Waals surface area (Å²) in [7, 11) is 4.62. The normalized spacial score (nSPS) is 17.9. The van der Waals surface area contributed by atoms with E-state index in [1.54, 1.807) is 37.3 Å². The molecule has 1 aliphatic heterocycles. The molecule has 1 N–H and O–H groups in total. The van der Waals surface area contributed by atoms with Crippen molar-refractivity contribution in [2.75, 3.05) is 21.3 Å². The summed E-state index contributed by atoms with van der Waals surface area (Å²) in [6.07, 6.45) is 2.01. The monoisotopic (exact) mass is 426 g/mol. The summed E-state index contributed by atoms with van der Waals surface area (Å²) in [6.45, 7) is 0.379. The second-order valence-corrected chi connectivity index (χ2v) is 7.04. The van der Waals surface area contributed by atoms with Crippen molar-refractivity contribution in [3.8, 4) is 11.5 Å². The molecular weight excluding hydrogens is 400 g/mol. The minimum atomic E-state index is -1.15. The summed E-state index contributed by atoms with van der Waals surface area (Å²) in [5.41, 5.74) is 1.60. The Morgan fingerprint density at radius 2 is 1.87 bits per heavy atom. The van der Waals surface area contributed by atoms with Crippen LogP contribution in [0.1, 0.15) is 11.1 Å². The topological polar surface area (TPSA) is 88.5 Å². The van der Waals surface area contributed by atoms with Crippen LogP contribution in [0.3, 0.4) is 0 Å². The fourth-order valence-electron chi connectivity index (χ4n) is 3.65. The molecule has 0 spiro atoms. The standard InChI is InChI=1S/C23H26N2O6/c1-29-12-11-19-21(25(23(27)28)14-16-7-5-4-6-8-16)22(26)24(19)15-17-9-10-18(30-2)13-20(17)31-3/h4-13,19,21H,14-15H2,1-3H3,(H,27,28)/t19-,21-/m0/s1. The molecule has 0 unspecified atom stereocenters. The van der Waals surface area contributed by atoms with Gasteiger partial charge in [0.15, 0.2) is 0 Å². The molecule has 31 heavy (non-hydrogen) atoms. The Balaban J connectivity index is 1.85. The molecule has 3 rings (SSSR count). The Morgan fingerprint density at radius 3 is 2.48 bits per heavy atom. The van der Waals surface area contributed by atoms with Crippen LogP contribution in [0, 0.1) is 0 Å². The highest BCUT2D eigenvalue weighted by molar-refractivity contribution is 5.93. The lowest BCUT2D eigenvalue weighted by molar-refractivity contribution is -0.156. The minimum Gasteiger partial charge on any atom is -0.505 e. The van der Waals surface area contributed by atoms with Crippen LogP contribution in [0.15, 0.2) is 60.9 Å². The van der Waals surface area contributed by atoms with Gasteiger partial charge in [0.05, 0.1) is 40.2 Å². The number of methoxy groups -OCH3 is 3. The number of ether oxygens (including phenoxy) is 3. The molecule has 1 fully saturated rings. The van der Waals surface area contributed by atoms with E-state index >= 15 is 0 Å². The average Bonchev–Trinajstić information content (AvgIpc) is 2.79. The number of nitrogens with zero attached hydrogens (tertiary/aromatic N) is 2. The SMILES string of the molecule is COC=C[C@H]1[C@H](N(Cc2ccccc2)C(=O)O)C(=O)N1Cc1ccc(OC)cc1OC. The number of carbonyl (C=O) groups is 2. The van der Waals surface area contributed by atoms with Gasteiger partial charge in [-0.25, -0.2) is 4.79 Å². The largest absolute Gasteiger partial charge is 0.505 e. The van der Waals surface area contributed by atoms with Crippen molar-refractivity contribution in [3.05, 3.63) is 72.0 Å². The van der Waals surface area contributed by atoms with Crippen molar-refractivity contribution < 1.29 is 28.9 Å². The minimum absolute atomic E-state index is 0.115. The Labute approximate surface area is 181 Å². The van der Waals surface area contributed by atoms with Gasteiger partial charge in [-0.15, -0.1) is 0 Å². The number of hydrogen-bond acceptors (Lipinski definition) is 5. The number of likely N-dealkylation sites (tertiary alicyclic amines) is 1. The lowest BCUT2D eigenvalue weighted by Crippen LogP contribution is -2.70. The molecule has 0 radical (unpaired) electrons. The van der Waals surface area contributed by atoms with Gasteiger partial charge < -0.3 is 24.2 Å². The molecule has 2 aromatic rings. The van der Waals surface area contributed by atoms with E-state index in [4.69, 9.17) is 14.2 Å². The molecule has 2 atom stereocenters. The number of β-lactam (4-membered cyclic amide) rings is 1. The first-order chi connectivity index (χ1) is 15.0. The van der Waals surface area contributed by atoms with E-state index < -0.39 is 18.2 Å². The molecule has 164 valence electrons. The number of carbonyl (C=O) groups excluding carboxylic acids is 1. The molecular formula is C23H26N2O6. The molecule has 2 aromatic carbocycles. The maximum atomic E-state index is 13.1. The van der Waals surface area contributed by atoms with E-state index in [-0.39, 0.29) is 19.0 Å². The average molecular weight is 426 g/mol. The van der Waals surface area contributed by atoms with E-state index in [1.807, 2.05) is 36.4 Å². The zero-order chi connectivity index (χ0) is 22.4. The van der Waals surface area contributed by atoms with Gasteiger partial charge in [-0.2, -0.15) is 0 Å². The van der Waals surface area contributed by atoms with E-state index in [0.717, 1.165) is 11.1 Å². The lowest BCUT2D eigenvalue weighted by Gasteiger charge is -2.49. The van der Waals surface area contributed by atoms with E-state index in [2.05, 4.69) is 0 Å². The van der Waals surface area contributed by atoms with Crippen LogP contribution in [-0.4, -0.2) is 60.3 Å². The summed E-state index contributed by atoms with van der Waals surface area (Å²) in [5, 5.41) is 9.81. The first-order valence-electron chi connectivity index (χ1n) is 9.74. The molecule has 1 saturated heterocycles. The van der Waals surface area contributed by atoms with E-state index in [0.29, 0.717) is 11.5 Å². The molecule has 8 nitrogen and oxygen atoms in total. The fraction of sp³-hybridized carbons (Fsp3) is 0.304. The van der Waals surface area contributed by atoms with Gasteiger partial charge in [0.2, 0.25) is 5.91 Å². The van der Waals surface area contributed by atoms with Crippen LogP contribution in [0.2, 0.25) is 0 Å². The van der Waals surface area contributed by atoms with Gasteiger partial charge in [0.25, 0.3) is 0 Å². The highest BCUT2D eigenvalue weighted by Gasteiger charge is 2.51. The van der Waals surface area contributed by atoms with Crippen LogP contribution >= 0.6 is 0 Å². The van der Waals surface area contributed by atoms with Crippen molar-refractivity contribution >= 4 is 12.0 Å². The summed E-state index contributed by atoms with van der Waals surface area (Å²) in [5.74, 6) is 0.954. The molecule has 8 heteroatoms. The first-order valence-corrected chi connectivity index (χ1v) is 9.74. The zero-order valence-electron chi connectivity index (χ0n) is 17.7. The van der Waals surface area contributed by atoms with Gasteiger partial charge in [-0.1, -0.05) is 30.3 Å². The molecule has 0 bridgehead atoms. The van der Waals surface area contributed by atoms with Crippen molar-refractivity contribution in [2.45, 2.75) is 25.2 Å². The summed E-state index contributed by atoms with van der Waals surface area (Å²) < 4.78 is 15.7. The number of carboxylic acid groups (broad SMARTS) is 1. The van der Waals surface area contributed by atoms with Gasteiger partial charge >= 0.3 is 6.09 Å². The quantitative estimate of drug-likeness (QED) is 0.490. The van der Waals surface area contributed by atoms with Crippen LogP contribution in [-0.2, 0) is 22.6 Å². The Bertz CT molecular complexity index is 946. The van der Waals surface area contributed by atoms with Gasteiger partial charge in [-0.3, -0.25) is 9.69 Å². The Morgan fingerprint density at radius 1 is 1.13 bits per heavy atom. The van der Waals surface area contributed by atoms with Crippen molar-refractivity contribution in [3.63, 3.8) is 0 Å². The van der Waals surface area contributed by atoms with Crippen LogP contribution in [0.25, 0.3) is 0 Å². The van der Waals surface area contributed by atoms with Gasteiger partial charge in [0.1, 0.15) is 17.5 Å². The number of amides is 2. The highest BCUT2D eigenvalue weighted by Crippen LogP contribution is 2.33. The lowest BCUT2D eigenvalue weighted by atomic mass is 9.92. The Kier molecular flexibility index (Phi) is 7.02. The van der Waals surface area contributed by atoms with Crippen molar-refractivity contribution in [1.29, 1.82) is 0 Å². The third-order valence-corrected chi connectivity index (χ3v) is 5.24. The second-order valence-electron chi connectivity index (χ2n) is 7.04. The van der Waals surface area contributed by atoms with Crippen LogP contribution in [0.5, 0.6) is 11.5 Å². The zero-order valence-corrected chi connectivity index (χ0v) is 17.7. The predicted octanol–water partition coefficient (Wildman–Crippen LogP) is 3.12. The maximum Gasteiger partial charge on any atom is 0.408 e. The van der Waals surface area contributed by atoms with Crippen LogP contribution in [0.4, 0.5) is 4.79 Å². The summed E-state index contributed by atoms with van der Waals surface area (Å²) >= 11 is 0.